The second-order valence-corrected chi connectivity index (χ2v) is 3.82. The van der Waals surface area contributed by atoms with Crippen molar-refractivity contribution in [2.24, 2.45) is 5.92 Å². The standard InChI is InChI=1S/C12H16N4O/c1-3-16(8-9(2)7-13)12(17)11-10(14)5-4-6-15-11/h4-6,9H,3,8,14H2,1-2H3. The van der Waals surface area contributed by atoms with Crippen LogP contribution in [-0.2, 0) is 0 Å². The number of nitrogens with two attached hydrogens (primary N) is 1. The van der Waals surface area contributed by atoms with Crippen molar-refractivity contribution in [3.63, 3.8) is 0 Å². The molecule has 1 amide bonds. The van der Waals surface area contributed by atoms with E-state index in [2.05, 4.69) is 11.1 Å². The Bertz CT molecular complexity index is 438. The highest BCUT2D eigenvalue weighted by atomic mass is 16.2. The van der Waals surface area contributed by atoms with Crippen LogP contribution in [0.1, 0.15) is 24.3 Å². The monoisotopic (exact) mass is 232 g/mol. The number of carbonyl (C=O) groups is 1. The molecule has 0 spiro atoms. The van der Waals surface area contributed by atoms with Gasteiger partial charge in [-0.15, -0.1) is 0 Å². The van der Waals surface area contributed by atoms with Crippen LogP contribution in [-0.4, -0.2) is 28.9 Å². The Morgan fingerprint density at radius 1 is 1.71 bits per heavy atom. The Kier molecular flexibility index (Phi) is 4.46. The van der Waals surface area contributed by atoms with Crippen molar-refractivity contribution in [2.45, 2.75) is 13.8 Å². The molecule has 1 unspecified atom stereocenters. The van der Waals surface area contributed by atoms with Gasteiger partial charge in [-0.3, -0.25) is 4.79 Å². The molecule has 1 heterocycles. The fourth-order valence-electron chi connectivity index (χ4n) is 1.47. The first-order chi connectivity index (χ1) is 8.10. The number of aromatic nitrogens is 1. The zero-order valence-electron chi connectivity index (χ0n) is 10.1. The predicted octanol–water partition coefficient (Wildman–Crippen LogP) is 1.29. The van der Waals surface area contributed by atoms with Gasteiger partial charge in [0, 0.05) is 19.3 Å². The van der Waals surface area contributed by atoms with Gasteiger partial charge in [-0.05, 0) is 26.0 Å². The molecule has 5 heteroatoms. The van der Waals surface area contributed by atoms with Crippen molar-refractivity contribution in [1.29, 1.82) is 5.26 Å². The van der Waals surface area contributed by atoms with Gasteiger partial charge in [0.2, 0.25) is 0 Å². The number of nitrogen functional groups attached to an aromatic ring is 1. The van der Waals surface area contributed by atoms with Gasteiger partial charge >= 0.3 is 0 Å². The van der Waals surface area contributed by atoms with Gasteiger partial charge in [0.05, 0.1) is 17.7 Å². The molecule has 0 aliphatic heterocycles. The molecule has 0 radical (unpaired) electrons. The Balaban J connectivity index is 2.88. The first-order valence-electron chi connectivity index (χ1n) is 5.49. The van der Waals surface area contributed by atoms with Gasteiger partial charge < -0.3 is 10.6 Å². The van der Waals surface area contributed by atoms with E-state index < -0.39 is 0 Å². The number of carbonyl (C=O) groups excluding carboxylic acids is 1. The second kappa shape index (κ2) is 5.85. The van der Waals surface area contributed by atoms with Crippen molar-refractivity contribution in [3.8, 4) is 6.07 Å². The molecule has 90 valence electrons. The maximum absolute atomic E-state index is 12.1. The lowest BCUT2D eigenvalue weighted by Gasteiger charge is -2.21. The Labute approximate surface area is 101 Å². The lowest BCUT2D eigenvalue weighted by molar-refractivity contribution is 0.0748. The molecule has 1 rings (SSSR count). The van der Waals surface area contributed by atoms with Gasteiger partial charge in [0.1, 0.15) is 0 Å². The molecule has 0 fully saturated rings. The molecule has 0 aromatic carbocycles. The number of nitrogens with zero attached hydrogens (tertiary/aromatic N) is 3. The molecule has 0 saturated heterocycles. The van der Waals surface area contributed by atoms with Crippen molar-refractivity contribution >= 4 is 11.6 Å². The first kappa shape index (κ1) is 13.0. The number of hydrogen-bond donors (Lipinski definition) is 1. The van der Waals surface area contributed by atoms with Crippen molar-refractivity contribution < 1.29 is 4.79 Å². The molecule has 0 saturated carbocycles. The molecule has 17 heavy (non-hydrogen) atoms. The number of nitriles is 1. The molecular formula is C12H16N4O. The van der Waals surface area contributed by atoms with Gasteiger partial charge in [0.15, 0.2) is 5.69 Å². The summed E-state index contributed by atoms with van der Waals surface area (Å²) in [6.07, 6.45) is 1.53. The topological polar surface area (TPSA) is 83.0 Å². The summed E-state index contributed by atoms with van der Waals surface area (Å²) in [6.45, 7) is 4.56. The average molecular weight is 232 g/mol. The van der Waals surface area contributed by atoms with Crippen LogP contribution in [0.25, 0.3) is 0 Å². The van der Waals surface area contributed by atoms with E-state index in [-0.39, 0.29) is 17.5 Å². The fourth-order valence-corrected chi connectivity index (χ4v) is 1.47. The summed E-state index contributed by atoms with van der Waals surface area (Å²) in [6, 6.07) is 5.43. The molecule has 2 N–H and O–H groups in total. The largest absolute Gasteiger partial charge is 0.397 e. The van der Waals surface area contributed by atoms with E-state index in [1.807, 2.05) is 6.92 Å². The highest BCUT2D eigenvalue weighted by Gasteiger charge is 2.19. The quantitative estimate of drug-likeness (QED) is 0.847. The minimum Gasteiger partial charge on any atom is -0.397 e. The van der Waals surface area contributed by atoms with Crippen LogP contribution in [0, 0.1) is 17.2 Å². The highest BCUT2D eigenvalue weighted by Crippen LogP contribution is 2.11. The number of hydrogen-bond acceptors (Lipinski definition) is 4. The summed E-state index contributed by atoms with van der Waals surface area (Å²) in [5.41, 5.74) is 6.31. The zero-order chi connectivity index (χ0) is 12.8. The Morgan fingerprint density at radius 2 is 2.41 bits per heavy atom. The summed E-state index contributed by atoms with van der Waals surface area (Å²) in [7, 11) is 0. The summed E-state index contributed by atoms with van der Waals surface area (Å²) in [5, 5.41) is 8.76. The van der Waals surface area contributed by atoms with Gasteiger partial charge in [-0.25, -0.2) is 4.98 Å². The third kappa shape index (κ3) is 3.18. The molecule has 1 aromatic heterocycles. The molecule has 1 atom stereocenters. The van der Waals surface area contributed by atoms with Crippen LogP contribution >= 0.6 is 0 Å². The van der Waals surface area contributed by atoms with Gasteiger partial charge in [0.25, 0.3) is 5.91 Å². The SMILES string of the molecule is CCN(CC(C)C#N)C(=O)c1ncccc1N. The third-order valence-corrected chi connectivity index (χ3v) is 2.43. The molecule has 0 aliphatic carbocycles. The summed E-state index contributed by atoms with van der Waals surface area (Å²) in [5.74, 6) is -0.434. The summed E-state index contributed by atoms with van der Waals surface area (Å²) in [4.78, 5) is 17.7. The van der Waals surface area contributed by atoms with Crippen LogP contribution in [0.4, 0.5) is 5.69 Å². The molecule has 5 nitrogen and oxygen atoms in total. The number of anilines is 1. The molecule has 0 aliphatic rings. The van der Waals surface area contributed by atoms with E-state index in [4.69, 9.17) is 11.0 Å². The third-order valence-electron chi connectivity index (χ3n) is 2.43. The van der Waals surface area contributed by atoms with Gasteiger partial charge in [-0.1, -0.05) is 0 Å². The summed E-state index contributed by atoms with van der Waals surface area (Å²) < 4.78 is 0. The van der Waals surface area contributed by atoms with Crippen LogP contribution in [0.2, 0.25) is 0 Å². The van der Waals surface area contributed by atoms with E-state index in [0.717, 1.165) is 0 Å². The minimum absolute atomic E-state index is 0.205. The fraction of sp³-hybridized carbons (Fsp3) is 0.417. The van der Waals surface area contributed by atoms with E-state index in [9.17, 15) is 4.79 Å². The smallest absolute Gasteiger partial charge is 0.274 e. The average Bonchev–Trinajstić information content (AvgIpc) is 2.35. The van der Waals surface area contributed by atoms with E-state index >= 15 is 0 Å². The lowest BCUT2D eigenvalue weighted by Crippen LogP contribution is -2.35. The number of amides is 1. The van der Waals surface area contributed by atoms with Gasteiger partial charge in [-0.2, -0.15) is 5.26 Å². The van der Waals surface area contributed by atoms with Crippen LogP contribution in [0.3, 0.4) is 0 Å². The normalized spacial score (nSPS) is 11.6. The lowest BCUT2D eigenvalue weighted by atomic mass is 10.2. The Morgan fingerprint density at radius 3 is 2.94 bits per heavy atom. The van der Waals surface area contributed by atoms with Crippen LogP contribution < -0.4 is 5.73 Å². The molecule has 0 bridgehead atoms. The van der Waals surface area contributed by atoms with E-state index in [0.29, 0.717) is 18.8 Å². The second-order valence-electron chi connectivity index (χ2n) is 3.82. The zero-order valence-corrected chi connectivity index (χ0v) is 10.1. The van der Waals surface area contributed by atoms with Crippen molar-refractivity contribution in [3.05, 3.63) is 24.0 Å². The predicted molar refractivity (Wildman–Crippen MR) is 65.0 cm³/mol. The maximum Gasteiger partial charge on any atom is 0.274 e. The van der Waals surface area contributed by atoms with Crippen LogP contribution in [0.15, 0.2) is 18.3 Å². The number of rotatable bonds is 4. The highest BCUT2D eigenvalue weighted by molar-refractivity contribution is 5.97. The number of pyridine rings is 1. The van der Waals surface area contributed by atoms with Crippen molar-refractivity contribution in [1.82, 2.24) is 9.88 Å². The molecular weight excluding hydrogens is 216 g/mol. The van der Waals surface area contributed by atoms with E-state index in [1.54, 1.807) is 24.0 Å². The first-order valence-corrected chi connectivity index (χ1v) is 5.49. The minimum atomic E-state index is -0.229. The maximum atomic E-state index is 12.1. The van der Waals surface area contributed by atoms with E-state index in [1.165, 1.54) is 6.20 Å². The molecule has 1 aromatic rings. The Hall–Kier alpha value is -2.09. The van der Waals surface area contributed by atoms with Crippen LogP contribution in [0.5, 0.6) is 0 Å². The van der Waals surface area contributed by atoms with Crippen molar-refractivity contribution in [2.75, 3.05) is 18.8 Å². The summed E-state index contributed by atoms with van der Waals surface area (Å²) >= 11 is 0.